The predicted octanol–water partition coefficient (Wildman–Crippen LogP) is 2.91. The molecule has 1 rings (SSSR count). The average molecular weight is 310 g/mol. The van der Waals surface area contributed by atoms with E-state index in [2.05, 4.69) is 5.32 Å². The van der Waals surface area contributed by atoms with Gasteiger partial charge in [0.1, 0.15) is 0 Å². The van der Waals surface area contributed by atoms with Crippen LogP contribution in [-0.2, 0) is 16.4 Å². The molecule has 0 aromatic heterocycles. The minimum Gasteiger partial charge on any atom is -0.311 e. The Labute approximate surface area is 118 Å². The van der Waals surface area contributed by atoms with E-state index in [0.717, 1.165) is 5.56 Å². The van der Waals surface area contributed by atoms with Crippen LogP contribution in [-0.4, -0.2) is 26.0 Å². The molecule has 0 spiro atoms. The number of hydrogen-bond donors (Lipinski definition) is 1. The van der Waals surface area contributed by atoms with E-state index in [1.54, 1.807) is 19.9 Å². The summed E-state index contributed by atoms with van der Waals surface area (Å²) in [4.78, 5) is 0. The molecule has 0 aliphatic carbocycles. The first-order valence-corrected chi connectivity index (χ1v) is 8.13. The Balaban J connectivity index is 2.66. The van der Waals surface area contributed by atoms with Crippen molar-refractivity contribution in [2.45, 2.75) is 25.1 Å². The third-order valence-electron chi connectivity index (χ3n) is 2.90. The van der Waals surface area contributed by atoms with Crippen molar-refractivity contribution in [2.75, 3.05) is 12.8 Å². The zero-order chi connectivity index (χ0) is 14.0. The highest BCUT2D eigenvalue weighted by Gasteiger charge is 2.29. The fourth-order valence-electron chi connectivity index (χ4n) is 1.31. The molecule has 1 N–H and O–H groups in total. The summed E-state index contributed by atoms with van der Waals surface area (Å²) in [6.45, 7) is 4.22. The van der Waals surface area contributed by atoms with E-state index < -0.39 is 14.6 Å². The van der Waals surface area contributed by atoms with Gasteiger partial charge in [-0.2, -0.15) is 0 Å². The number of halogens is 2. The maximum atomic E-state index is 11.5. The van der Waals surface area contributed by atoms with Gasteiger partial charge >= 0.3 is 0 Å². The lowest BCUT2D eigenvalue weighted by Gasteiger charge is -2.23. The SMILES string of the molecule is CC(C)(CNCc1cccc(Cl)c1Cl)S(C)(=O)=O. The summed E-state index contributed by atoms with van der Waals surface area (Å²) < 4.78 is 22.3. The van der Waals surface area contributed by atoms with Gasteiger partial charge < -0.3 is 5.32 Å². The number of rotatable bonds is 5. The van der Waals surface area contributed by atoms with Crippen LogP contribution in [0.3, 0.4) is 0 Å². The normalized spacial score (nSPS) is 12.7. The molecule has 102 valence electrons. The molecule has 0 bridgehead atoms. The van der Waals surface area contributed by atoms with Crippen molar-refractivity contribution in [1.82, 2.24) is 5.32 Å². The molecule has 6 heteroatoms. The Kier molecular flexibility index (Phi) is 5.06. The largest absolute Gasteiger partial charge is 0.311 e. The molecule has 0 heterocycles. The maximum Gasteiger partial charge on any atom is 0.153 e. The summed E-state index contributed by atoms with van der Waals surface area (Å²) in [6, 6.07) is 5.38. The van der Waals surface area contributed by atoms with Crippen LogP contribution in [0.2, 0.25) is 10.0 Å². The highest BCUT2D eigenvalue weighted by atomic mass is 35.5. The summed E-state index contributed by atoms with van der Waals surface area (Å²) in [7, 11) is -3.10. The van der Waals surface area contributed by atoms with Gasteiger partial charge in [-0.1, -0.05) is 35.3 Å². The molecule has 1 aromatic rings. The van der Waals surface area contributed by atoms with E-state index in [1.165, 1.54) is 6.26 Å². The lowest BCUT2D eigenvalue weighted by atomic mass is 10.2. The monoisotopic (exact) mass is 309 g/mol. The van der Waals surface area contributed by atoms with Gasteiger partial charge in [-0.05, 0) is 25.5 Å². The predicted molar refractivity (Wildman–Crippen MR) is 77.1 cm³/mol. The third kappa shape index (κ3) is 3.85. The molecule has 0 fully saturated rings. The van der Waals surface area contributed by atoms with E-state index >= 15 is 0 Å². The number of nitrogens with one attached hydrogen (secondary N) is 1. The lowest BCUT2D eigenvalue weighted by Crippen LogP contribution is -2.41. The van der Waals surface area contributed by atoms with Crippen molar-refractivity contribution in [3.63, 3.8) is 0 Å². The standard InChI is InChI=1S/C12H17Cl2NO2S/c1-12(2,18(3,16)17)8-15-7-9-5-4-6-10(13)11(9)14/h4-6,15H,7-8H2,1-3H3. The van der Waals surface area contributed by atoms with Gasteiger partial charge in [0.05, 0.1) is 14.8 Å². The average Bonchev–Trinajstić information content (AvgIpc) is 2.22. The van der Waals surface area contributed by atoms with Gasteiger partial charge in [0.2, 0.25) is 0 Å². The highest BCUT2D eigenvalue weighted by molar-refractivity contribution is 7.92. The molecule has 18 heavy (non-hydrogen) atoms. The Morgan fingerprint density at radius 1 is 1.28 bits per heavy atom. The summed E-state index contributed by atoms with van der Waals surface area (Å²) in [5.74, 6) is 0. The maximum absolute atomic E-state index is 11.5. The first-order chi connectivity index (χ1) is 8.15. The van der Waals surface area contributed by atoms with Gasteiger partial charge in [-0.25, -0.2) is 8.42 Å². The van der Waals surface area contributed by atoms with Crippen LogP contribution < -0.4 is 5.32 Å². The second-order valence-electron chi connectivity index (χ2n) is 4.85. The first-order valence-electron chi connectivity index (χ1n) is 5.48. The molecular formula is C12H17Cl2NO2S. The molecule has 0 aliphatic rings. The second-order valence-corrected chi connectivity index (χ2v) is 8.28. The van der Waals surface area contributed by atoms with Crippen molar-refractivity contribution in [3.05, 3.63) is 33.8 Å². The van der Waals surface area contributed by atoms with Gasteiger partial charge in [0, 0.05) is 19.3 Å². The fraction of sp³-hybridized carbons (Fsp3) is 0.500. The van der Waals surface area contributed by atoms with Crippen molar-refractivity contribution in [1.29, 1.82) is 0 Å². The molecule has 0 saturated heterocycles. The molecule has 0 unspecified atom stereocenters. The lowest BCUT2D eigenvalue weighted by molar-refractivity contribution is 0.521. The zero-order valence-corrected chi connectivity index (χ0v) is 13.0. The Morgan fingerprint density at radius 2 is 1.89 bits per heavy atom. The van der Waals surface area contributed by atoms with Gasteiger partial charge in [-0.15, -0.1) is 0 Å². The molecule has 0 amide bonds. The smallest absolute Gasteiger partial charge is 0.153 e. The number of benzene rings is 1. The molecule has 0 saturated carbocycles. The van der Waals surface area contributed by atoms with Crippen LogP contribution in [0, 0.1) is 0 Å². The summed E-state index contributed by atoms with van der Waals surface area (Å²) in [5.41, 5.74) is 0.855. The molecule has 1 aromatic carbocycles. The minimum atomic E-state index is -3.10. The van der Waals surface area contributed by atoms with Crippen molar-refractivity contribution in [2.24, 2.45) is 0 Å². The topological polar surface area (TPSA) is 46.2 Å². The van der Waals surface area contributed by atoms with Gasteiger partial charge in [-0.3, -0.25) is 0 Å². The van der Waals surface area contributed by atoms with Crippen molar-refractivity contribution in [3.8, 4) is 0 Å². The van der Waals surface area contributed by atoms with E-state index in [-0.39, 0.29) is 0 Å². The van der Waals surface area contributed by atoms with E-state index in [1.807, 2.05) is 12.1 Å². The van der Waals surface area contributed by atoms with Crippen molar-refractivity contribution < 1.29 is 8.42 Å². The third-order valence-corrected chi connectivity index (χ3v) is 5.91. The van der Waals surface area contributed by atoms with E-state index in [9.17, 15) is 8.42 Å². The Morgan fingerprint density at radius 3 is 2.44 bits per heavy atom. The van der Waals surface area contributed by atoms with Crippen LogP contribution in [0.5, 0.6) is 0 Å². The summed E-state index contributed by atoms with van der Waals surface area (Å²) in [6.07, 6.45) is 1.24. The molecule has 0 aliphatic heterocycles. The van der Waals surface area contributed by atoms with Crippen molar-refractivity contribution >= 4 is 33.0 Å². The molecular weight excluding hydrogens is 293 g/mol. The van der Waals surface area contributed by atoms with Crippen LogP contribution in [0.15, 0.2) is 18.2 Å². The van der Waals surface area contributed by atoms with Gasteiger partial charge in [0.25, 0.3) is 0 Å². The minimum absolute atomic E-state index is 0.356. The first kappa shape index (κ1) is 15.8. The number of sulfone groups is 1. The van der Waals surface area contributed by atoms with Crippen LogP contribution in [0.1, 0.15) is 19.4 Å². The Bertz CT molecular complexity index is 527. The molecule has 0 atom stereocenters. The fourth-order valence-corrected chi connectivity index (χ4v) is 2.07. The Hall–Kier alpha value is -0.290. The molecule has 3 nitrogen and oxygen atoms in total. The van der Waals surface area contributed by atoms with Crippen LogP contribution >= 0.6 is 23.2 Å². The van der Waals surface area contributed by atoms with Crippen LogP contribution in [0.4, 0.5) is 0 Å². The van der Waals surface area contributed by atoms with E-state index in [0.29, 0.717) is 23.1 Å². The van der Waals surface area contributed by atoms with Crippen LogP contribution in [0.25, 0.3) is 0 Å². The van der Waals surface area contributed by atoms with Gasteiger partial charge in [0.15, 0.2) is 9.84 Å². The van der Waals surface area contributed by atoms with E-state index in [4.69, 9.17) is 23.2 Å². The zero-order valence-electron chi connectivity index (χ0n) is 10.6. The second kappa shape index (κ2) is 5.78. The summed E-state index contributed by atoms with van der Waals surface area (Å²) >= 11 is 11.9. The number of hydrogen-bond acceptors (Lipinski definition) is 3. The molecule has 0 radical (unpaired) electrons. The quantitative estimate of drug-likeness (QED) is 0.909. The highest BCUT2D eigenvalue weighted by Crippen LogP contribution is 2.25. The summed E-state index contributed by atoms with van der Waals surface area (Å²) in [5, 5.41) is 4.10.